The molecule has 0 fully saturated rings. The van der Waals surface area contributed by atoms with Crippen LogP contribution in [0, 0.1) is 0 Å². The van der Waals surface area contributed by atoms with Crippen LogP contribution in [0.2, 0.25) is 0 Å². The van der Waals surface area contributed by atoms with Gasteiger partial charge in [0.05, 0.1) is 12.7 Å². The third kappa shape index (κ3) is 11.1. The van der Waals surface area contributed by atoms with E-state index in [4.69, 9.17) is 9.84 Å². The minimum Gasteiger partial charge on any atom is -0.463 e. The zero-order chi connectivity index (χ0) is 11.5. The summed E-state index contributed by atoms with van der Waals surface area (Å²) in [7, 11) is 0. The van der Waals surface area contributed by atoms with Gasteiger partial charge in [0.25, 0.3) is 0 Å². The third-order valence-corrected chi connectivity index (χ3v) is 2.03. The lowest BCUT2D eigenvalue weighted by Crippen LogP contribution is -1.99. The summed E-state index contributed by atoms with van der Waals surface area (Å²) >= 11 is 0. The fourth-order valence-corrected chi connectivity index (χ4v) is 1.25. The molecule has 0 amide bonds. The largest absolute Gasteiger partial charge is 0.463 e. The molecule has 0 aliphatic heterocycles. The number of unbranched alkanes of at least 4 members (excludes halogenated alkanes) is 3. The summed E-state index contributed by atoms with van der Waals surface area (Å²) < 4.78 is 4.74. The van der Waals surface area contributed by atoms with Gasteiger partial charge in [-0.2, -0.15) is 0 Å². The fraction of sp³-hybridized carbons (Fsp3) is 0.750. The van der Waals surface area contributed by atoms with Crippen LogP contribution in [0.3, 0.4) is 0 Å². The highest BCUT2D eigenvalue weighted by molar-refractivity contribution is 5.81. The van der Waals surface area contributed by atoms with E-state index in [9.17, 15) is 4.79 Å². The van der Waals surface area contributed by atoms with Crippen LogP contribution >= 0.6 is 0 Å². The topological polar surface area (TPSA) is 46.5 Å². The van der Waals surface area contributed by atoms with Gasteiger partial charge in [-0.05, 0) is 33.1 Å². The average Bonchev–Trinajstić information content (AvgIpc) is 2.16. The molecule has 1 atom stereocenters. The second-order valence-electron chi connectivity index (χ2n) is 3.64. The molecule has 3 heteroatoms. The van der Waals surface area contributed by atoms with Gasteiger partial charge in [0.15, 0.2) is 0 Å². The molecule has 3 nitrogen and oxygen atoms in total. The summed E-state index contributed by atoms with van der Waals surface area (Å²) in [4.78, 5) is 10.9. The molecule has 0 rings (SSSR count). The fourth-order valence-electron chi connectivity index (χ4n) is 1.25. The van der Waals surface area contributed by atoms with E-state index < -0.39 is 0 Å². The first-order valence-electron chi connectivity index (χ1n) is 5.68. The lowest BCUT2D eigenvalue weighted by molar-refractivity contribution is -0.137. The Morgan fingerprint density at radius 3 is 2.73 bits per heavy atom. The highest BCUT2D eigenvalue weighted by atomic mass is 16.5. The van der Waals surface area contributed by atoms with E-state index in [0.29, 0.717) is 6.61 Å². The van der Waals surface area contributed by atoms with Crippen molar-refractivity contribution >= 4 is 5.97 Å². The van der Waals surface area contributed by atoms with Gasteiger partial charge in [0, 0.05) is 6.08 Å². The van der Waals surface area contributed by atoms with Crippen molar-refractivity contribution in [1.82, 2.24) is 0 Å². The summed E-state index contributed by atoms with van der Waals surface area (Å²) in [5.41, 5.74) is 0. The second-order valence-corrected chi connectivity index (χ2v) is 3.64. The van der Waals surface area contributed by atoms with E-state index in [-0.39, 0.29) is 12.1 Å². The van der Waals surface area contributed by atoms with Gasteiger partial charge in [-0.3, -0.25) is 0 Å². The molecule has 0 aromatic rings. The first kappa shape index (κ1) is 14.2. The monoisotopic (exact) mass is 214 g/mol. The Hall–Kier alpha value is -0.830. The molecule has 0 spiro atoms. The van der Waals surface area contributed by atoms with Gasteiger partial charge in [-0.15, -0.1) is 0 Å². The Bertz CT molecular complexity index is 185. The highest BCUT2D eigenvalue weighted by Crippen LogP contribution is 2.05. The van der Waals surface area contributed by atoms with Crippen LogP contribution in [0.15, 0.2) is 12.2 Å². The van der Waals surface area contributed by atoms with Crippen LogP contribution in [0.25, 0.3) is 0 Å². The number of hydrogen-bond acceptors (Lipinski definition) is 3. The molecule has 1 N–H and O–H groups in total. The zero-order valence-corrected chi connectivity index (χ0v) is 9.74. The van der Waals surface area contributed by atoms with Crippen molar-refractivity contribution in [1.29, 1.82) is 0 Å². The maximum Gasteiger partial charge on any atom is 0.330 e. The maximum absolute atomic E-state index is 10.9. The number of carbonyl (C=O) groups is 1. The smallest absolute Gasteiger partial charge is 0.330 e. The lowest BCUT2D eigenvalue weighted by atomic mass is 10.1. The molecule has 0 radical (unpaired) electrons. The van der Waals surface area contributed by atoms with Crippen molar-refractivity contribution < 1.29 is 14.6 Å². The molecule has 0 unspecified atom stereocenters. The van der Waals surface area contributed by atoms with Gasteiger partial charge in [0.1, 0.15) is 0 Å². The molecular weight excluding hydrogens is 192 g/mol. The number of rotatable bonds is 8. The Balaban J connectivity index is 3.26. The molecule has 0 saturated carbocycles. The number of esters is 1. The van der Waals surface area contributed by atoms with Gasteiger partial charge >= 0.3 is 5.97 Å². The van der Waals surface area contributed by atoms with Crippen LogP contribution in [-0.4, -0.2) is 23.8 Å². The molecule has 88 valence electrons. The molecule has 0 aliphatic carbocycles. The first-order chi connectivity index (χ1) is 7.16. The molecule has 0 aromatic carbocycles. The Kier molecular flexibility index (Phi) is 9.18. The molecule has 15 heavy (non-hydrogen) atoms. The predicted octanol–water partition coefficient (Wildman–Crippen LogP) is 2.44. The van der Waals surface area contributed by atoms with Gasteiger partial charge < -0.3 is 9.84 Å². The minimum absolute atomic E-state index is 0.194. The van der Waals surface area contributed by atoms with E-state index in [1.807, 2.05) is 6.08 Å². The maximum atomic E-state index is 10.9. The van der Waals surface area contributed by atoms with Crippen LogP contribution in [0.1, 0.15) is 46.0 Å². The second kappa shape index (κ2) is 9.71. The number of aliphatic hydroxyl groups is 1. The van der Waals surface area contributed by atoms with Crippen LogP contribution in [0.5, 0.6) is 0 Å². The summed E-state index contributed by atoms with van der Waals surface area (Å²) in [6.07, 6.45) is 8.10. The van der Waals surface area contributed by atoms with Gasteiger partial charge in [0.2, 0.25) is 0 Å². The van der Waals surface area contributed by atoms with Crippen molar-refractivity contribution in [2.24, 2.45) is 0 Å². The molecule has 0 saturated heterocycles. The van der Waals surface area contributed by atoms with Crippen LogP contribution in [-0.2, 0) is 9.53 Å². The van der Waals surface area contributed by atoms with Gasteiger partial charge in [-0.1, -0.05) is 18.9 Å². The molecule has 0 aliphatic rings. The van der Waals surface area contributed by atoms with E-state index in [1.54, 1.807) is 13.8 Å². The van der Waals surface area contributed by atoms with E-state index in [0.717, 1.165) is 32.1 Å². The van der Waals surface area contributed by atoms with Crippen molar-refractivity contribution in [3.8, 4) is 0 Å². The van der Waals surface area contributed by atoms with Crippen molar-refractivity contribution in [3.05, 3.63) is 12.2 Å². The minimum atomic E-state index is -0.263. The van der Waals surface area contributed by atoms with Crippen LogP contribution in [0.4, 0.5) is 0 Å². The zero-order valence-electron chi connectivity index (χ0n) is 9.74. The summed E-state index contributed by atoms with van der Waals surface area (Å²) in [5.74, 6) is -0.263. The number of carbonyl (C=O) groups excluding carboxylic acids is 1. The Labute approximate surface area is 92.1 Å². The first-order valence-corrected chi connectivity index (χ1v) is 5.68. The van der Waals surface area contributed by atoms with Gasteiger partial charge in [-0.25, -0.2) is 4.79 Å². The average molecular weight is 214 g/mol. The van der Waals surface area contributed by atoms with Crippen molar-refractivity contribution in [2.75, 3.05) is 6.61 Å². The van der Waals surface area contributed by atoms with Crippen LogP contribution < -0.4 is 0 Å². The quantitative estimate of drug-likeness (QED) is 0.383. The molecular formula is C12H22O3. The third-order valence-electron chi connectivity index (χ3n) is 2.03. The lowest BCUT2D eigenvalue weighted by Gasteiger charge is -2.01. The number of allylic oxidation sites excluding steroid dienone is 1. The van der Waals surface area contributed by atoms with E-state index in [1.165, 1.54) is 6.08 Å². The Morgan fingerprint density at radius 2 is 2.13 bits per heavy atom. The summed E-state index contributed by atoms with van der Waals surface area (Å²) in [6, 6.07) is 0. The van der Waals surface area contributed by atoms with Crippen molar-refractivity contribution in [2.45, 2.75) is 52.1 Å². The highest BCUT2D eigenvalue weighted by Gasteiger charge is 1.95. The van der Waals surface area contributed by atoms with E-state index >= 15 is 0 Å². The molecule has 0 aromatic heterocycles. The van der Waals surface area contributed by atoms with E-state index in [2.05, 4.69) is 0 Å². The summed E-state index contributed by atoms with van der Waals surface area (Å²) in [5, 5.41) is 9.01. The molecule has 0 bridgehead atoms. The summed E-state index contributed by atoms with van der Waals surface area (Å²) in [6.45, 7) is 4.03. The predicted molar refractivity (Wildman–Crippen MR) is 60.5 cm³/mol. The SMILES string of the molecule is CCOC(=O)/C=C/CCCCC[C@H](C)O. The molecule has 0 heterocycles. The number of aliphatic hydroxyl groups excluding tert-OH is 1. The standard InChI is InChI=1S/C12H22O3/c1-3-15-12(14)10-8-6-4-5-7-9-11(2)13/h8,10-11,13H,3-7,9H2,1-2H3/b10-8+/t11-/m0/s1. The number of ether oxygens (including phenoxy) is 1. The number of hydrogen-bond donors (Lipinski definition) is 1. The van der Waals surface area contributed by atoms with Crippen molar-refractivity contribution in [3.63, 3.8) is 0 Å². The Morgan fingerprint density at radius 1 is 1.40 bits per heavy atom. The normalized spacial score (nSPS) is 13.0.